The number of hydrogen-bond donors (Lipinski definition) is 1. The maximum Gasteiger partial charge on any atom is 0.305 e. The Kier molecular flexibility index (Phi) is 4.99. The highest BCUT2D eigenvalue weighted by Crippen LogP contribution is 2.34. The number of aromatic amines is 1. The van der Waals surface area contributed by atoms with Crippen LogP contribution in [0.2, 0.25) is 0 Å². The summed E-state index contributed by atoms with van der Waals surface area (Å²) in [5.74, 6) is -2.37. The average molecular weight is 452 g/mol. The lowest BCUT2D eigenvalue weighted by molar-refractivity contribution is -0.387. The first-order chi connectivity index (χ1) is 13.8. The number of nitrogens with one attached hydrogen (secondary N) is 1. The van der Waals surface area contributed by atoms with E-state index >= 15 is 0 Å². The van der Waals surface area contributed by atoms with E-state index in [1.54, 1.807) is 0 Å². The minimum Gasteiger partial charge on any atom is -0.305 e. The fourth-order valence-corrected chi connectivity index (χ4v) is 4.65. The Morgan fingerprint density at radius 2 is 2.07 bits per heavy atom. The van der Waals surface area contributed by atoms with Crippen LogP contribution in [0.25, 0.3) is 31.8 Å². The topological polar surface area (TPSA) is 88.9 Å². The van der Waals surface area contributed by atoms with E-state index in [1.165, 1.54) is 22.7 Å². The molecule has 0 bridgehead atoms. The fraction of sp³-hybridized carbons (Fsp3) is 0. The number of fused-ring (bicyclic) bond motifs is 1. The molecule has 0 saturated carbocycles. The van der Waals surface area contributed by atoms with Gasteiger partial charge in [-0.15, -0.1) is 22.7 Å². The van der Waals surface area contributed by atoms with Crippen LogP contribution in [-0.2, 0) is 0 Å². The van der Waals surface area contributed by atoms with Crippen LogP contribution in [0.1, 0.15) is 11.4 Å². The summed E-state index contributed by atoms with van der Waals surface area (Å²) in [7, 11) is 0. The van der Waals surface area contributed by atoms with Gasteiger partial charge < -0.3 is 4.98 Å². The second-order valence-electron chi connectivity index (χ2n) is 5.80. The standard InChI is InChI=1S/C18H8ClF2N3O3S2/c19-10(4-8-5-13(24(26)27)12(21)6-11(8)20)16-22-17(25)15-9(7-29-18(15)23-16)14-2-1-3-28-14/h1-7H,(H,22,23,25). The van der Waals surface area contributed by atoms with Crippen LogP contribution in [0.15, 0.2) is 39.8 Å². The summed E-state index contributed by atoms with van der Waals surface area (Å²) in [6, 6.07) is 4.88. The number of benzene rings is 1. The highest BCUT2D eigenvalue weighted by Gasteiger charge is 2.19. The molecule has 0 atom stereocenters. The predicted octanol–water partition coefficient (Wildman–Crippen LogP) is 5.64. The number of H-pyrrole nitrogens is 1. The zero-order valence-electron chi connectivity index (χ0n) is 14.1. The number of thiophene rings is 2. The fourth-order valence-electron chi connectivity index (χ4n) is 2.68. The first kappa shape index (κ1) is 19.4. The normalized spacial score (nSPS) is 11.9. The number of aromatic nitrogens is 2. The van der Waals surface area contributed by atoms with E-state index in [2.05, 4.69) is 9.97 Å². The Morgan fingerprint density at radius 3 is 2.76 bits per heavy atom. The molecular formula is C18H8ClF2N3O3S2. The molecule has 0 fully saturated rings. The van der Waals surface area contributed by atoms with Crippen LogP contribution in [0.5, 0.6) is 0 Å². The van der Waals surface area contributed by atoms with Crippen molar-refractivity contribution in [1.82, 2.24) is 9.97 Å². The average Bonchev–Trinajstić information content (AvgIpc) is 3.32. The van der Waals surface area contributed by atoms with Crippen molar-refractivity contribution in [2.45, 2.75) is 0 Å². The van der Waals surface area contributed by atoms with Crippen LogP contribution >= 0.6 is 34.3 Å². The molecular weight excluding hydrogens is 444 g/mol. The molecule has 0 radical (unpaired) electrons. The number of nitro benzene ring substituents is 1. The summed E-state index contributed by atoms with van der Waals surface area (Å²) in [5, 5.41) is 14.8. The molecule has 11 heteroatoms. The molecule has 1 aromatic carbocycles. The van der Waals surface area contributed by atoms with Gasteiger partial charge in [0.25, 0.3) is 5.56 Å². The lowest BCUT2D eigenvalue weighted by Gasteiger charge is -2.03. The van der Waals surface area contributed by atoms with Gasteiger partial charge in [0.05, 0.1) is 15.3 Å². The van der Waals surface area contributed by atoms with Gasteiger partial charge in [0.15, 0.2) is 5.82 Å². The van der Waals surface area contributed by atoms with Crippen molar-refractivity contribution in [3.63, 3.8) is 0 Å². The van der Waals surface area contributed by atoms with E-state index in [4.69, 9.17) is 11.6 Å². The van der Waals surface area contributed by atoms with Gasteiger partial charge in [0.2, 0.25) is 5.82 Å². The first-order valence-corrected chi connectivity index (χ1v) is 10.1. The van der Waals surface area contributed by atoms with Crippen molar-refractivity contribution in [3.8, 4) is 10.4 Å². The third kappa shape index (κ3) is 3.57. The summed E-state index contributed by atoms with van der Waals surface area (Å²) >= 11 is 8.90. The molecule has 0 unspecified atom stereocenters. The number of hydrogen-bond acceptors (Lipinski definition) is 6. The molecule has 0 aliphatic rings. The molecule has 4 rings (SSSR count). The van der Waals surface area contributed by atoms with Gasteiger partial charge in [-0.3, -0.25) is 14.9 Å². The smallest absolute Gasteiger partial charge is 0.305 e. The van der Waals surface area contributed by atoms with Crippen molar-refractivity contribution >= 4 is 61.3 Å². The minimum absolute atomic E-state index is 0.0323. The van der Waals surface area contributed by atoms with Crippen molar-refractivity contribution in [3.05, 3.63) is 78.5 Å². The zero-order chi connectivity index (χ0) is 20.7. The van der Waals surface area contributed by atoms with Crippen LogP contribution in [-0.4, -0.2) is 14.9 Å². The van der Waals surface area contributed by atoms with Gasteiger partial charge in [-0.2, -0.15) is 4.39 Å². The van der Waals surface area contributed by atoms with E-state index in [-0.39, 0.29) is 16.4 Å². The molecule has 6 nitrogen and oxygen atoms in total. The molecule has 0 aliphatic carbocycles. The monoisotopic (exact) mass is 451 g/mol. The molecule has 0 saturated heterocycles. The van der Waals surface area contributed by atoms with E-state index in [1.807, 2.05) is 22.9 Å². The highest BCUT2D eigenvalue weighted by molar-refractivity contribution is 7.18. The van der Waals surface area contributed by atoms with E-state index < -0.39 is 27.8 Å². The summed E-state index contributed by atoms with van der Waals surface area (Å²) < 4.78 is 27.5. The van der Waals surface area contributed by atoms with Gasteiger partial charge in [0.1, 0.15) is 10.6 Å². The predicted molar refractivity (Wildman–Crippen MR) is 110 cm³/mol. The van der Waals surface area contributed by atoms with Crippen LogP contribution in [0, 0.1) is 21.7 Å². The minimum atomic E-state index is -1.30. The maximum atomic E-state index is 14.0. The molecule has 0 amide bonds. The van der Waals surface area contributed by atoms with Crippen LogP contribution in [0.4, 0.5) is 14.5 Å². The third-order valence-electron chi connectivity index (χ3n) is 4.00. The third-order valence-corrected chi connectivity index (χ3v) is 6.07. The van der Waals surface area contributed by atoms with Gasteiger partial charge in [-0.25, -0.2) is 9.37 Å². The molecule has 29 heavy (non-hydrogen) atoms. The molecule has 146 valence electrons. The molecule has 3 heterocycles. The van der Waals surface area contributed by atoms with Crippen molar-refractivity contribution in [2.24, 2.45) is 0 Å². The summed E-state index contributed by atoms with van der Waals surface area (Å²) in [6.07, 6.45) is 1.04. The number of nitro groups is 1. The lowest BCUT2D eigenvalue weighted by Crippen LogP contribution is -2.10. The molecule has 4 aromatic rings. The van der Waals surface area contributed by atoms with E-state index in [0.717, 1.165) is 22.6 Å². The molecule has 0 aliphatic heterocycles. The van der Waals surface area contributed by atoms with E-state index in [0.29, 0.717) is 16.3 Å². The second-order valence-corrected chi connectivity index (χ2v) is 8.01. The van der Waals surface area contributed by atoms with Gasteiger partial charge >= 0.3 is 5.69 Å². The van der Waals surface area contributed by atoms with Crippen LogP contribution in [0.3, 0.4) is 0 Å². The molecule has 3 aromatic heterocycles. The Morgan fingerprint density at radius 1 is 1.28 bits per heavy atom. The summed E-state index contributed by atoms with van der Waals surface area (Å²) in [4.78, 5) is 30.7. The van der Waals surface area contributed by atoms with E-state index in [9.17, 15) is 23.7 Å². The maximum absolute atomic E-state index is 14.0. The SMILES string of the molecule is O=c1[nH]c(C(Cl)=Cc2cc([N+](=O)[O-])c(F)cc2F)nc2scc(-c3cccs3)c12. The Labute approximate surface area is 173 Å². The largest absolute Gasteiger partial charge is 0.305 e. The van der Waals surface area contributed by atoms with Crippen molar-refractivity contribution < 1.29 is 13.7 Å². The first-order valence-electron chi connectivity index (χ1n) is 7.91. The Bertz CT molecular complexity index is 1350. The number of nitrogens with zero attached hydrogens (tertiary/aromatic N) is 2. The van der Waals surface area contributed by atoms with Crippen LogP contribution < -0.4 is 5.56 Å². The Balaban J connectivity index is 1.80. The van der Waals surface area contributed by atoms with Gasteiger partial charge in [0, 0.05) is 33.5 Å². The van der Waals surface area contributed by atoms with Gasteiger partial charge in [-0.1, -0.05) is 17.7 Å². The summed E-state index contributed by atoms with van der Waals surface area (Å²) in [6.45, 7) is 0. The lowest BCUT2D eigenvalue weighted by atomic mass is 10.1. The molecule has 0 spiro atoms. The second kappa shape index (κ2) is 7.47. The number of halogens is 3. The number of rotatable bonds is 4. The van der Waals surface area contributed by atoms with Gasteiger partial charge in [-0.05, 0) is 17.5 Å². The molecule has 1 N–H and O–H groups in total. The quantitative estimate of drug-likeness (QED) is 0.321. The summed E-state index contributed by atoms with van der Waals surface area (Å²) in [5.41, 5.74) is -0.874. The van der Waals surface area contributed by atoms with Crippen molar-refractivity contribution in [1.29, 1.82) is 0 Å². The zero-order valence-corrected chi connectivity index (χ0v) is 16.5. The Hall–Kier alpha value is -2.95. The van der Waals surface area contributed by atoms with Crippen molar-refractivity contribution in [2.75, 3.05) is 0 Å². The highest BCUT2D eigenvalue weighted by atomic mass is 35.5.